The van der Waals surface area contributed by atoms with Gasteiger partial charge in [-0.2, -0.15) is 0 Å². The van der Waals surface area contributed by atoms with E-state index in [1.54, 1.807) is 0 Å². The summed E-state index contributed by atoms with van der Waals surface area (Å²) in [7, 11) is 0. The van der Waals surface area contributed by atoms with Gasteiger partial charge in [0.05, 0.1) is 24.4 Å². The number of pyridine rings is 1. The minimum absolute atomic E-state index is 0.158. The quantitative estimate of drug-likeness (QED) is 0.667. The Morgan fingerprint density at radius 2 is 1.93 bits per heavy atom. The van der Waals surface area contributed by atoms with Gasteiger partial charge in [0.15, 0.2) is 0 Å². The standard InChI is InChI=1S/C24H28N2O3/c1-18-16-23(25-22-7-6-19(8-12-27)17-21(18)22)20-4-2-3-5-24(20)29-15-11-26-9-13-28-14-10-26/h2-7,16-17,27H,8-15H2,1H3. The number of rotatable bonds is 7. The lowest BCUT2D eigenvalue weighted by Gasteiger charge is -2.26. The molecule has 1 aliphatic rings. The van der Waals surface area contributed by atoms with Crippen molar-refractivity contribution >= 4 is 10.9 Å². The number of aromatic nitrogens is 1. The van der Waals surface area contributed by atoms with Gasteiger partial charge in [0.1, 0.15) is 12.4 Å². The normalized spacial score (nSPS) is 15.0. The van der Waals surface area contributed by atoms with Crippen LogP contribution in [0.15, 0.2) is 48.5 Å². The molecule has 0 bridgehead atoms. The fourth-order valence-corrected chi connectivity index (χ4v) is 3.78. The summed E-state index contributed by atoms with van der Waals surface area (Å²) in [5.74, 6) is 0.865. The maximum Gasteiger partial charge on any atom is 0.128 e. The van der Waals surface area contributed by atoms with E-state index in [4.69, 9.17) is 14.5 Å². The monoisotopic (exact) mass is 392 g/mol. The summed E-state index contributed by atoms with van der Waals surface area (Å²) in [4.78, 5) is 7.27. The predicted octanol–water partition coefficient (Wildman–Crippen LogP) is 3.46. The molecule has 3 aromatic rings. The van der Waals surface area contributed by atoms with Gasteiger partial charge < -0.3 is 14.6 Å². The van der Waals surface area contributed by atoms with Crippen LogP contribution in [0.3, 0.4) is 0 Å². The van der Waals surface area contributed by atoms with Crippen LogP contribution in [-0.2, 0) is 11.2 Å². The van der Waals surface area contributed by atoms with Crippen molar-refractivity contribution in [3.8, 4) is 17.0 Å². The first-order chi connectivity index (χ1) is 14.2. The molecule has 0 amide bonds. The van der Waals surface area contributed by atoms with Gasteiger partial charge in [-0.1, -0.05) is 18.2 Å². The Hall–Kier alpha value is -2.47. The van der Waals surface area contributed by atoms with Crippen molar-refractivity contribution < 1.29 is 14.6 Å². The van der Waals surface area contributed by atoms with E-state index in [0.29, 0.717) is 13.0 Å². The Bertz CT molecular complexity index is 967. The summed E-state index contributed by atoms with van der Waals surface area (Å²) in [6.45, 7) is 7.35. The fraction of sp³-hybridized carbons (Fsp3) is 0.375. The number of benzene rings is 2. The van der Waals surface area contributed by atoms with Crippen molar-refractivity contribution in [1.29, 1.82) is 0 Å². The Labute approximate surface area is 171 Å². The maximum atomic E-state index is 9.20. The first kappa shape index (κ1) is 19.8. The molecule has 1 N–H and O–H groups in total. The van der Waals surface area contributed by atoms with Gasteiger partial charge in [-0.3, -0.25) is 4.90 Å². The first-order valence-electron chi connectivity index (χ1n) is 10.3. The van der Waals surface area contributed by atoms with Crippen LogP contribution >= 0.6 is 0 Å². The molecule has 1 aliphatic heterocycles. The highest BCUT2D eigenvalue weighted by Gasteiger charge is 2.13. The van der Waals surface area contributed by atoms with E-state index < -0.39 is 0 Å². The number of hydrogen-bond donors (Lipinski definition) is 1. The Morgan fingerprint density at radius 1 is 1.10 bits per heavy atom. The molecule has 5 nitrogen and oxygen atoms in total. The van der Waals surface area contributed by atoms with Gasteiger partial charge in [-0.25, -0.2) is 4.98 Å². The van der Waals surface area contributed by atoms with Crippen molar-refractivity contribution in [3.05, 3.63) is 59.7 Å². The summed E-state index contributed by atoms with van der Waals surface area (Å²) >= 11 is 0. The highest BCUT2D eigenvalue weighted by molar-refractivity contribution is 5.86. The van der Waals surface area contributed by atoms with Crippen LogP contribution in [-0.4, -0.2) is 61.1 Å². The maximum absolute atomic E-state index is 9.20. The van der Waals surface area contributed by atoms with Gasteiger partial charge >= 0.3 is 0 Å². The van der Waals surface area contributed by atoms with Crippen LogP contribution in [0, 0.1) is 6.92 Å². The second kappa shape index (κ2) is 9.35. The summed E-state index contributed by atoms with van der Waals surface area (Å²) in [5, 5.41) is 10.3. The molecule has 2 heterocycles. The number of aliphatic hydroxyl groups excluding tert-OH is 1. The molecule has 5 heteroatoms. The second-order valence-electron chi connectivity index (χ2n) is 7.45. The van der Waals surface area contributed by atoms with E-state index in [1.807, 2.05) is 30.3 Å². The van der Waals surface area contributed by atoms with Crippen molar-refractivity contribution in [1.82, 2.24) is 9.88 Å². The zero-order valence-electron chi connectivity index (χ0n) is 16.9. The van der Waals surface area contributed by atoms with Crippen molar-refractivity contribution in [2.45, 2.75) is 13.3 Å². The molecule has 1 aromatic heterocycles. The molecule has 152 valence electrons. The lowest BCUT2D eigenvalue weighted by molar-refractivity contribution is 0.0323. The average molecular weight is 392 g/mol. The van der Waals surface area contributed by atoms with Crippen molar-refractivity contribution in [2.24, 2.45) is 0 Å². The average Bonchev–Trinajstić information content (AvgIpc) is 2.75. The minimum Gasteiger partial charge on any atom is -0.492 e. The summed E-state index contributed by atoms with van der Waals surface area (Å²) in [6.07, 6.45) is 0.664. The molecule has 0 unspecified atom stereocenters. The van der Waals surface area contributed by atoms with E-state index in [1.165, 1.54) is 5.56 Å². The third-order valence-electron chi connectivity index (χ3n) is 5.41. The third-order valence-corrected chi connectivity index (χ3v) is 5.41. The number of ether oxygens (including phenoxy) is 2. The largest absolute Gasteiger partial charge is 0.492 e. The molecule has 0 saturated carbocycles. The summed E-state index contributed by atoms with van der Waals surface area (Å²) in [6, 6.07) is 16.4. The topological polar surface area (TPSA) is 54.8 Å². The zero-order chi connectivity index (χ0) is 20.1. The molecule has 0 aliphatic carbocycles. The number of aliphatic hydroxyl groups is 1. The molecular formula is C24H28N2O3. The van der Waals surface area contributed by atoms with Crippen LogP contribution in [0.4, 0.5) is 0 Å². The van der Waals surface area contributed by atoms with Crippen molar-refractivity contribution in [3.63, 3.8) is 0 Å². The molecule has 4 rings (SSSR count). The van der Waals surface area contributed by atoms with E-state index in [0.717, 1.165) is 66.3 Å². The van der Waals surface area contributed by atoms with Gasteiger partial charge in [-0.15, -0.1) is 0 Å². The van der Waals surface area contributed by atoms with E-state index in [9.17, 15) is 5.11 Å². The highest BCUT2D eigenvalue weighted by atomic mass is 16.5. The van der Waals surface area contributed by atoms with E-state index in [-0.39, 0.29) is 6.61 Å². The first-order valence-corrected chi connectivity index (χ1v) is 10.3. The van der Waals surface area contributed by atoms with Crippen LogP contribution in [0.2, 0.25) is 0 Å². The highest BCUT2D eigenvalue weighted by Crippen LogP contribution is 2.31. The summed E-state index contributed by atoms with van der Waals surface area (Å²) < 4.78 is 11.6. The van der Waals surface area contributed by atoms with E-state index >= 15 is 0 Å². The molecule has 0 atom stereocenters. The Balaban J connectivity index is 1.56. The SMILES string of the molecule is Cc1cc(-c2ccccc2OCCN2CCOCC2)nc2ccc(CCO)cc12. The number of fused-ring (bicyclic) bond motifs is 1. The number of nitrogens with zero attached hydrogens (tertiary/aromatic N) is 2. The minimum atomic E-state index is 0.158. The molecule has 1 saturated heterocycles. The Morgan fingerprint density at radius 3 is 2.76 bits per heavy atom. The molecule has 1 fully saturated rings. The van der Waals surface area contributed by atoms with E-state index in [2.05, 4.69) is 30.0 Å². The van der Waals surface area contributed by atoms with Crippen molar-refractivity contribution in [2.75, 3.05) is 46.1 Å². The smallest absolute Gasteiger partial charge is 0.128 e. The van der Waals surface area contributed by atoms with Crippen LogP contribution < -0.4 is 4.74 Å². The molecule has 0 spiro atoms. The molecule has 2 aromatic carbocycles. The summed E-state index contributed by atoms with van der Waals surface area (Å²) in [5.41, 5.74) is 5.20. The lowest BCUT2D eigenvalue weighted by Crippen LogP contribution is -2.38. The fourth-order valence-electron chi connectivity index (χ4n) is 3.78. The number of morpholine rings is 1. The van der Waals surface area contributed by atoms with Crippen LogP contribution in [0.1, 0.15) is 11.1 Å². The molecule has 0 radical (unpaired) electrons. The Kier molecular flexibility index (Phi) is 6.39. The zero-order valence-corrected chi connectivity index (χ0v) is 16.9. The van der Waals surface area contributed by atoms with Crippen LogP contribution in [0.5, 0.6) is 5.75 Å². The second-order valence-corrected chi connectivity index (χ2v) is 7.45. The van der Waals surface area contributed by atoms with Gasteiger partial charge in [0, 0.05) is 37.2 Å². The van der Waals surface area contributed by atoms with Gasteiger partial charge in [0.25, 0.3) is 0 Å². The lowest BCUT2D eigenvalue weighted by atomic mass is 10.0. The number of hydrogen-bond acceptors (Lipinski definition) is 5. The van der Waals surface area contributed by atoms with Gasteiger partial charge in [0.2, 0.25) is 0 Å². The number of aryl methyl sites for hydroxylation is 1. The third kappa shape index (κ3) is 4.75. The molecule has 29 heavy (non-hydrogen) atoms. The number of para-hydroxylation sites is 1. The van der Waals surface area contributed by atoms with Gasteiger partial charge in [-0.05, 0) is 54.8 Å². The van der Waals surface area contributed by atoms with Crippen LogP contribution in [0.25, 0.3) is 22.2 Å². The predicted molar refractivity (Wildman–Crippen MR) is 115 cm³/mol. The molecular weight excluding hydrogens is 364 g/mol.